The van der Waals surface area contributed by atoms with Crippen LogP contribution in [-0.4, -0.2) is 33.5 Å². The molecule has 2 aliphatic rings. The maximum atomic E-state index is 13.9. The first-order valence-corrected chi connectivity index (χ1v) is 12.8. The third-order valence-corrected chi connectivity index (χ3v) is 8.06. The van der Waals surface area contributed by atoms with Gasteiger partial charge in [0.05, 0.1) is 11.3 Å². The van der Waals surface area contributed by atoms with Gasteiger partial charge in [-0.15, -0.1) is 12.4 Å². The van der Waals surface area contributed by atoms with Crippen LogP contribution >= 0.6 is 12.4 Å². The van der Waals surface area contributed by atoms with Crippen LogP contribution in [0.1, 0.15) is 47.2 Å². The number of rotatable bonds is 5. The molecule has 2 saturated heterocycles. The number of benzene rings is 3. The summed E-state index contributed by atoms with van der Waals surface area (Å²) < 4.78 is 2.17. The molecule has 0 unspecified atom stereocenters. The summed E-state index contributed by atoms with van der Waals surface area (Å²) in [5, 5.41) is 4.51. The second kappa shape index (κ2) is 10.1. The van der Waals surface area contributed by atoms with Crippen molar-refractivity contribution < 1.29 is 4.79 Å². The first-order chi connectivity index (χ1) is 17.1. The number of nitrogens with one attached hydrogen (secondary N) is 1. The highest BCUT2D eigenvalue weighted by Crippen LogP contribution is 2.38. The molecule has 0 saturated carbocycles. The first-order valence-electron chi connectivity index (χ1n) is 12.8. The summed E-state index contributed by atoms with van der Waals surface area (Å²) in [6.45, 7) is 3.11. The summed E-state index contributed by atoms with van der Waals surface area (Å²) in [6.07, 6.45) is 4.51. The normalized spacial score (nSPS) is 21.3. The number of hydrogen-bond donors (Lipinski definition) is 1. The summed E-state index contributed by atoms with van der Waals surface area (Å²) >= 11 is 0. The number of hydrogen-bond acceptors (Lipinski definition) is 2. The van der Waals surface area contributed by atoms with Gasteiger partial charge in [-0.1, -0.05) is 72.3 Å². The van der Waals surface area contributed by atoms with Gasteiger partial charge in [0, 0.05) is 42.6 Å². The number of aromatic nitrogens is 1. The molecule has 6 rings (SSSR count). The van der Waals surface area contributed by atoms with E-state index < -0.39 is 0 Å². The SMILES string of the molecule is Cc1ccc2c(c1)c(C(=O)N[C@H]1C[C@H]3CC[C@@H](C1)N3Cc1ccccc1)c(-c1ccccc1)n2C.Cl. The van der Waals surface area contributed by atoms with Crippen LogP contribution in [0, 0.1) is 6.92 Å². The number of halogens is 1. The van der Waals surface area contributed by atoms with Crippen LogP contribution in [0.5, 0.6) is 0 Å². The monoisotopic (exact) mass is 499 g/mol. The first kappa shape index (κ1) is 24.6. The van der Waals surface area contributed by atoms with Crippen molar-refractivity contribution in [2.75, 3.05) is 0 Å². The lowest BCUT2D eigenvalue weighted by Gasteiger charge is -2.39. The maximum Gasteiger partial charge on any atom is 0.254 e. The van der Waals surface area contributed by atoms with E-state index >= 15 is 0 Å². The van der Waals surface area contributed by atoms with Gasteiger partial charge >= 0.3 is 0 Å². The van der Waals surface area contributed by atoms with E-state index in [1.165, 1.54) is 24.0 Å². The number of carbonyl (C=O) groups excluding carboxylic acids is 1. The highest BCUT2D eigenvalue weighted by atomic mass is 35.5. The maximum absolute atomic E-state index is 13.9. The Morgan fingerprint density at radius 2 is 1.56 bits per heavy atom. The van der Waals surface area contributed by atoms with Crippen molar-refractivity contribution in [1.29, 1.82) is 0 Å². The topological polar surface area (TPSA) is 37.3 Å². The second-order valence-electron chi connectivity index (χ2n) is 10.4. The molecule has 5 heteroatoms. The number of aryl methyl sites for hydroxylation is 2. The molecule has 1 N–H and O–H groups in total. The Kier molecular flexibility index (Phi) is 6.92. The highest BCUT2D eigenvalue weighted by Gasteiger charge is 2.41. The third kappa shape index (κ3) is 4.44. The van der Waals surface area contributed by atoms with E-state index in [9.17, 15) is 4.79 Å². The third-order valence-electron chi connectivity index (χ3n) is 8.06. The average molecular weight is 500 g/mol. The van der Waals surface area contributed by atoms with Crippen molar-refractivity contribution in [2.24, 2.45) is 7.05 Å². The molecule has 0 aliphatic carbocycles. The lowest BCUT2D eigenvalue weighted by molar-refractivity contribution is 0.0829. The van der Waals surface area contributed by atoms with Crippen LogP contribution < -0.4 is 5.32 Å². The van der Waals surface area contributed by atoms with Gasteiger partial charge in [0.15, 0.2) is 0 Å². The van der Waals surface area contributed by atoms with Crippen LogP contribution in [0.3, 0.4) is 0 Å². The molecule has 2 fully saturated rings. The van der Waals surface area contributed by atoms with Crippen LogP contribution in [0.25, 0.3) is 22.2 Å². The smallest absolute Gasteiger partial charge is 0.254 e. The zero-order valence-corrected chi connectivity index (χ0v) is 21.8. The van der Waals surface area contributed by atoms with Crippen molar-refractivity contribution in [2.45, 2.75) is 57.3 Å². The van der Waals surface area contributed by atoms with Crippen LogP contribution in [0.2, 0.25) is 0 Å². The minimum Gasteiger partial charge on any atom is -0.349 e. The van der Waals surface area contributed by atoms with E-state index in [-0.39, 0.29) is 24.4 Å². The van der Waals surface area contributed by atoms with E-state index in [2.05, 4.69) is 89.4 Å². The number of amides is 1. The second-order valence-corrected chi connectivity index (χ2v) is 10.4. The highest BCUT2D eigenvalue weighted by molar-refractivity contribution is 6.13. The van der Waals surface area contributed by atoms with Crippen molar-refractivity contribution >= 4 is 29.2 Å². The van der Waals surface area contributed by atoms with Gasteiger partial charge in [0.1, 0.15) is 0 Å². The van der Waals surface area contributed by atoms with Crippen LogP contribution in [0.15, 0.2) is 78.9 Å². The van der Waals surface area contributed by atoms with Crippen molar-refractivity contribution in [1.82, 2.24) is 14.8 Å². The summed E-state index contributed by atoms with van der Waals surface area (Å²) in [4.78, 5) is 16.6. The Morgan fingerprint density at radius 3 is 2.22 bits per heavy atom. The molecule has 1 aromatic heterocycles. The Bertz CT molecular complexity index is 1350. The lowest BCUT2D eigenvalue weighted by atomic mass is 9.95. The zero-order chi connectivity index (χ0) is 23.9. The van der Waals surface area contributed by atoms with Gasteiger partial charge in [0.25, 0.3) is 5.91 Å². The fraction of sp³-hybridized carbons (Fsp3) is 0.323. The summed E-state index contributed by atoms with van der Waals surface area (Å²) in [5.74, 6) is 0.0564. The lowest BCUT2D eigenvalue weighted by Crippen LogP contribution is -2.50. The molecule has 2 bridgehead atoms. The van der Waals surface area contributed by atoms with Crippen molar-refractivity contribution in [3.63, 3.8) is 0 Å². The molecule has 0 radical (unpaired) electrons. The average Bonchev–Trinajstić information content (AvgIpc) is 3.28. The van der Waals surface area contributed by atoms with Crippen molar-refractivity contribution in [3.8, 4) is 11.3 Å². The summed E-state index contributed by atoms with van der Waals surface area (Å²) in [5.41, 5.74) is 6.52. The van der Waals surface area contributed by atoms with Gasteiger partial charge < -0.3 is 9.88 Å². The van der Waals surface area contributed by atoms with Gasteiger partial charge in [-0.2, -0.15) is 0 Å². The molecule has 3 atom stereocenters. The predicted octanol–water partition coefficient (Wildman–Crippen LogP) is 6.50. The predicted molar refractivity (Wildman–Crippen MR) is 150 cm³/mol. The Balaban J connectivity index is 0.00000267. The molecule has 186 valence electrons. The summed E-state index contributed by atoms with van der Waals surface area (Å²) in [6, 6.07) is 28.8. The Morgan fingerprint density at radius 1 is 0.917 bits per heavy atom. The van der Waals surface area contributed by atoms with Crippen LogP contribution in [0.4, 0.5) is 0 Å². The van der Waals surface area contributed by atoms with E-state index in [1.54, 1.807) is 0 Å². The van der Waals surface area contributed by atoms with Gasteiger partial charge in [-0.25, -0.2) is 0 Å². The molecule has 36 heavy (non-hydrogen) atoms. The molecule has 4 nitrogen and oxygen atoms in total. The fourth-order valence-corrected chi connectivity index (χ4v) is 6.42. The number of carbonyl (C=O) groups is 1. The number of nitrogens with zero attached hydrogens (tertiary/aromatic N) is 2. The minimum absolute atomic E-state index is 0. The zero-order valence-electron chi connectivity index (χ0n) is 21.0. The van der Waals surface area contributed by atoms with Crippen molar-refractivity contribution in [3.05, 3.63) is 95.6 Å². The molecule has 1 amide bonds. The Labute approximate surface area is 219 Å². The van der Waals surface area contributed by atoms with Gasteiger partial charge in [-0.3, -0.25) is 9.69 Å². The van der Waals surface area contributed by atoms with E-state index in [0.717, 1.165) is 47.1 Å². The quantitative estimate of drug-likeness (QED) is 0.340. The Hall–Kier alpha value is -3.08. The standard InChI is InChI=1S/C31H33N3O.ClH/c1-21-13-16-28-27(17-21)29(30(33(28)2)23-11-7-4-8-12-23)31(35)32-24-18-25-14-15-26(19-24)34(25)20-22-9-5-3-6-10-22;/h3-13,16-17,24-26H,14-15,18-20H2,1-2H3,(H,32,35);1H/t24-,25+,26-;. The molecular weight excluding hydrogens is 466 g/mol. The molecule has 0 spiro atoms. The van der Waals surface area contributed by atoms with E-state index in [1.807, 2.05) is 18.2 Å². The molecule has 2 aliphatic heterocycles. The van der Waals surface area contributed by atoms with E-state index in [0.29, 0.717) is 12.1 Å². The fourth-order valence-electron chi connectivity index (χ4n) is 6.42. The van der Waals surface area contributed by atoms with Crippen LogP contribution in [-0.2, 0) is 13.6 Å². The minimum atomic E-state index is 0. The molecule has 4 aromatic rings. The number of piperidine rings is 1. The molecular formula is C31H34ClN3O. The van der Waals surface area contributed by atoms with Gasteiger partial charge in [0.2, 0.25) is 0 Å². The van der Waals surface area contributed by atoms with E-state index in [4.69, 9.17) is 0 Å². The largest absolute Gasteiger partial charge is 0.349 e. The molecule has 3 aromatic carbocycles. The molecule has 3 heterocycles. The number of fused-ring (bicyclic) bond motifs is 3. The van der Waals surface area contributed by atoms with Gasteiger partial charge in [-0.05, 0) is 55.9 Å². The summed E-state index contributed by atoms with van der Waals surface area (Å²) in [7, 11) is 2.07.